The molecule has 2 atom stereocenters. The number of hydrogen-bond acceptors (Lipinski definition) is 4. The van der Waals surface area contributed by atoms with Crippen LogP contribution in [0.15, 0.2) is 6.07 Å². The van der Waals surface area contributed by atoms with Gasteiger partial charge < -0.3 is 14.6 Å². The fourth-order valence-electron chi connectivity index (χ4n) is 3.80. The molecule has 0 saturated carbocycles. The number of carboxylic acid groups (broad SMARTS) is 1. The van der Waals surface area contributed by atoms with E-state index in [-0.39, 0.29) is 17.9 Å². The van der Waals surface area contributed by atoms with E-state index in [2.05, 4.69) is 12.0 Å². The monoisotopic (exact) mass is 328 g/mol. The summed E-state index contributed by atoms with van der Waals surface area (Å²) in [5.41, 5.74) is 5.11. The van der Waals surface area contributed by atoms with Gasteiger partial charge in [-0.1, -0.05) is 0 Å². The normalized spacial score (nSPS) is 21.2. The Morgan fingerprint density at radius 1 is 1.21 bits per heavy atom. The number of fused-ring (bicyclic) bond motifs is 2. The maximum atomic E-state index is 11.3. The molecular weight excluding hydrogens is 308 g/mol. The van der Waals surface area contributed by atoms with Crippen LogP contribution in [0, 0.1) is 6.92 Å². The summed E-state index contributed by atoms with van der Waals surface area (Å²) >= 11 is 0. The first-order valence-corrected chi connectivity index (χ1v) is 8.16. The van der Waals surface area contributed by atoms with Gasteiger partial charge in [-0.15, -0.1) is 0 Å². The van der Waals surface area contributed by atoms with E-state index in [0.717, 1.165) is 52.3 Å². The van der Waals surface area contributed by atoms with E-state index < -0.39 is 5.97 Å². The van der Waals surface area contributed by atoms with Crippen LogP contribution in [-0.4, -0.2) is 33.1 Å². The van der Waals surface area contributed by atoms with E-state index in [1.165, 1.54) is 0 Å². The SMILES string of the molecule is Cc1c2c(c(-c3cc(C(=O)O)nn3C)c3c1OC(C)C3)OC(C)C2. The maximum absolute atomic E-state index is 11.3. The number of nitrogens with zero attached hydrogens (tertiary/aromatic N) is 2. The number of ether oxygens (including phenoxy) is 2. The Balaban J connectivity index is 2.01. The lowest BCUT2D eigenvalue weighted by molar-refractivity contribution is 0.0689. The highest BCUT2D eigenvalue weighted by atomic mass is 16.5. The molecule has 0 bridgehead atoms. The molecule has 1 N–H and O–H groups in total. The van der Waals surface area contributed by atoms with Crippen LogP contribution in [0.1, 0.15) is 41.0 Å². The molecule has 1 aromatic carbocycles. The summed E-state index contributed by atoms with van der Waals surface area (Å²) in [6.07, 6.45) is 1.82. The van der Waals surface area contributed by atoms with E-state index in [1.807, 2.05) is 13.8 Å². The first kappa shape index (κ1) is 15.1. The van der Waals surface area contributed by atoms with Crippen LogP contribution >= 0.6 is 0 Å². The third kappa shape index (κ3) is 2.02. The minimum atomic E-state index is -1.03. The number of benzene rings is 1. The number of aromatic carboxylic acids is 1. The Morgan fingerprint density at radius 3 is 2.46 bits per heavy atom. The predicted octanol–water partition coefficient (Wildman–Crippen LogP) is 2.74. The van der Waals surface area contributed by atoms with Crippen molar-refractivity contribution in [3.63, 3.8) is 0 Å². The van der Waals surface area contributed by atoms with Gasteiger partial charge in [-0.2, -0.15) is 5.10 Å². The fraction of sp³-hybridized carbons (Fsp3) is 0.444. The molecule has 0 aliphatic carbocycles. The van der Waals surface area contributed by atoms with Crippen molar-refractivity contribution in [2.75, 3.05) is 0 Å². The third-order valence-corrected chi connectivity index (χ3v) is 4.85. The number of aromatic nitrogens is 2. The highest BCUT2D eigenvalue weighted by Crippen LogP contribution is 2.50. The lowest BCUT2D eigenvalue weighted by Crippen LogP contribution is -2.08. The van der Waals surface area contributed by atoms with Crippen LogP contribution in [0.2, 0.25) is 0 Å². The summed E-state index contributed by atoms with van der Waals surface area (Å²) < 4.78 is 13.8. The zero-order chi connectivity index (χ0) is 17.2. The zero-order valence-corrected chi connectivity index (χ0v) is 14.2. The molecule has 2 unspecified atom stereocenters. The second kappa shape index (κ2) is 5.00. The molecule has 0 amide bonds. The number of carboxylic acids is 1. The highest BCUT2D eigenvalue weighted by Gasteiger charge is 2.35. The van der Waals surface area contributed by atoms with Crippen molar-refractivity contribution in [3.8, 4) is 22.8 Å². The van der Waals surface area contributed by atoms with E-state index >= 15 is 0 Å². The van der Waals surface area contributed by atoms with Crippen molar-refractivity contribution >= 4 is 5.97 Å². The summed E-state index contributed by atoms with van der Waals surface area (Å²) in [6, 6.07) is 1.61. The lowest BCUT2D eigenvalue weighted by atomic mass is 9.92. The average Bonchev–Trinajstić information content (AvgIpc) is 3.17. The summed E-state index contributed by atoms with van der Waals surface area (Å²) in [5.74, 6) is 0.750. The van der Waals surface area contributed by atoms with Crippen LogP contribution in [0.25, 0.3) is 11.3 Å². The molecule has 1 aromatic heterocycles. The molecule has 3 heterocycles. The van der Waals surface area contributed by atoms with Crippen LogP contribution in [-0.2, 0) is 19.9 Å². The lowest BCUT2D eigenvalue weighted by Gasteiger charge is -2.16. The Labute approximate surface area is 140 Å². The van der Waals surface area contributed by atoms with Crippen LogP contribution in [0.3, 0.4) is 0 Å². The van der Waals surface area contributed by atoms with Gasteiger partial charge >= 0.3 is 5.97 Å². The van der Waals surface area contributed by atoms with Crippen molar-refractivity contribution < 1.29 is 19.4 Å². The van der Waals surface area contributed by atoms with E-state index in [9.17, 15) is 9.90 Å². The molecule has 0 spiro atoms. The van der Waals surface area contributed by atoms with Gasteiger partial charge in [0.05, 0.1) is 5.69 Å². The first-order valence-electron chi connectivity index (χ1n) is 8.16. The number of aryl methyl sites for hydroxylation is 1. The van der Waals surface area contributed by atoms with Gasteiger partial charge in [0.1, 0.15) is 23.7 Å². The molecule has 24 heavy (non-hydrogen) atoms. The highest BCUT2D eigenvalue weighted by molar-refractivity contribution is 5.88. The topological polar surface area (TPSA) is 73.6 Å². The van der Waals surface area contributed by atoms with Gasteiger partial charge in [0, 0.05) is 36.6 Å². The molecule has 4 rings (SSSR count). The quantitative estimate of drug-likeness (QED) is 0.917. The largest absolute Gasteiger partial charge is 0.490 e. The second-order valence-electron chi connectivity index (χ2n) is 6.72. The second-order valence-corrected chi connectivity index (χ2v) is 6.72. The molecule has 2 aliphatic rings. The Morgan fingerprint density at radius 2 is 1.83 bits per heavy atom. The number of rotatable bonds is 2. The molecular formula is C18H20N2O4. The van der Waals surface area contributed by atoms with E-state index in [1.54, 1.807) is 17.8 Å². The molecule has 2 aliphatic heterocycles. The first-order chi connectivity index (χ1) is 11.4. The minimum Gasteiger partial charge on any atom is -0.490 e. The number of hydrogen-bond donors (Lipinski definition) is 1. The molecule has 0 saturated heterocycles. The Bertz CT molecular complexity index is 829. The predicted molar refractivity (Wildman–Crippen MR) is 87.9 cm³/mol. The zero-order valence-electron chi connectivity index (χ0n) is 14.2. The van der Waals surface area contributed by atoms with Crippen molar-refractivity contribution in [3.05, 3.63) is 28.5 Å². The maximum Gasteiger partial charge on any atom is 0.356 e. The molecule has 2 aromatic rings. The summed E-state index contributed by atoms with van der Waals surface area (Å²) in [4.78, 5) is 11.3. The summed E-state index contributed by atoms with van der Waals surface area (Å²) in [5, 5.41) is 13.4. The van der Waals surface area contributed by atoms with Crippen molar-refractivity contribution in [2.45, 2.75) is 45.8 Å². The van der Waals surface area contributed by atoms with E-state index in [4.69, 9.17) is 9.47 Å². The van der Waals surface area contributed by atoms with Crippen molar-refractivity contribution in [2.24, 2.45) is 7.05 Å². The molecule has 6 heteroatoms. The third-order valence-electron chi connectivity index (χ3n) is 4.85. The van der Waals surface area contributed by atoms with Gasteiger partial charge in [0.25, 0.3) is 0 Å². The van der Waals surface area contributed by atoms with Gasteiger partial charge in [-0.25, -0.2) is 4.79 Å². The van der Waals surface area contributed by atoms with Crippen LogP contribution < -0.4 is 9.47 Å². The molecule has 0 fully saturated rings. The average molecular weight is 328 g/mol. The van der Waals surface area contributed by atoms with Gasteiger partial charge in [0.15, 0.2) is 5.69 Å². The van der Waals surface area contributed by atoms with E-state index in [0.29, 0.717) is 0 Å². The minimum absolute atomic E-state index is 0.0357. The van der Waals surface area contributed by atoms with Crippen LogP contribution in [0.4, 0.5) is 0 Å². The molecule has 0 radical (unpaired) electrons. The smallest absolute Gasteiger partial charge is 0.356 e. The van der Waals surface area contributed by atoms with Gasteiger partial charge in [-0.3, -0.25) is 4.68 Å². The fourth-order valence-corrected chi connectivity index (χ4v) is 3.80. The van der Waals surface area contributed by atoms with Gasteiger partial charge in [0.2, 0.25) is 0 Å². The molecule has 126 valence electrons. The standard InChI is InChI=1S/C18H20N2O4/c1-8-5-11-10(3)16-12(6-9(2)23-16)15(17(11)24-8)14-7-13(18(21)22)19-20(14)4/h7-9H,5-6H2,1-4H3,(H,21,22). The Kier molecular flexibility index (Phi) is 3.13. The van der Waals surface area contributed by atoms with Crippen LogP contribution in [0.5, 0.6) is 11.5 Å². The van der Waals surface area contributed by atoms with Crippen molar-refractivity contribution in [1.82, 2.24) is 9.78 Å². The van der Waals surface area contributed by atoms with Crippen molar-refractivity contribution in [1.29, 1.82) is 0 Å². The number of carbonyl (C=O) groups is 1. The molecule has 6 nitrogen and oxygen atoms in total. The van der Waals surface area contributed by atoms with Gasteiger partial charge in [-0.05, 0) is 32.4 Å². The summed E-state index contributed by atoms with van der Waals surface area (Å²) in [6.45, 7) is 6.17. The summed E-state index contributed by atoms with van der Waals surface area (Å²) in [7, 11) is 1.76. The Hall–Kier alpha value is -2.50.